The molecule has 0 saturated carbocycles. The largest absolute Gasteiger partial charge is 0.461 e. The van der Waals surface area contributed by atoms with E-state index in [0.717, 1.165) is 10.6 Å². The zero-order chi connectivity index (χ0) is 13.1. The predicted octanol–water partition coefficient (Wildman–Crippen LogP) is 3.37. The zero-order valence-electron chi connectivity index (χ0n) is 10.7. The lowest BCUT2D eigenvalue weighted by Gasteiger charge is -2.09. The topological polar surface area (TPSA) is 44.1 Å². The van der Waals surface area contributed by atoms with Gasteiger partial charge in [0.2, 0.25) is 0 Å². The summed E-state index contributed by atoms with van der Waals surface area (Å²) in [4.78, 5) is 12.8. The number of carbonyl (C=O) groups is 1. The molecule has 2 rings (SSSR count). The highest BCUT2D eigenvalue weighted by atomic mass is 32.1. The molecule has 0 aliphatic heterocycles. The molecule has 2 aromatic rings. The quantitative estimate of drug-likeness (QED) is 0.795. The summed E-state index contributed by atoms with van der Waals surface area (Å²) in [5.74, 6) is -0.366. The van der Waals surface area contributed by atoms with Gasteiger partial charge in [0.15, 0.2) is 5.69 Å². The van der Waals surface area contributed by atoms with Crippen LogP contribution >= 0.6 is 11.3 Å². The number of hydrogen-bond donors (Lipinski definition) is 0. The molecule has 4 nitrogen and oxygen atoms in total. The lowest BCUT2D eigenvalue weighted by atomic mass is 10.3. The molecule has 18 heavy (non-hydrogen) atoms. The van der Waals surface area contributed by atoms with Crippen LogP contribution in [0, 0.1) is 0 Å². The Hall–Kier alpha value is -1.62. The summed E-state index contributed by atoms with van der Waals surface area (Å²) < 4.78 is 6.84. The molecule has 0 aliphatic carbocycles. The average molecular weight is 264 g/mol. The molecule has 0 aromatic carbocycles. The van der Waals surface area contributed by atoms with Crippen molar-refractivity contribution in [3.05, 3.63) is 29.3 Å². The van der Waals surface area contributed by atoms with Crippen LogP contribution in [0.15, 0.2) is 23.6 Å². The standard InChI is InChI=1S/C13H16N2O2S/c1-4-17-13(16)10-8-11(12-6-5-7-18-12)15(14-10)9(2)3/h5-9H,4H2,1-3H3. The van der Waals surface area contributed by atoms with E-state index in [0.29, 0.717) is 12.3 Å². The van der Waals surface area contributed by atoms with Gasteiger partial charge in [-0.05, 0) is 38.3 Å². The van der Waals surface area contributed by atoms with Crippen LogP contribution in [0.2, 0.25) is 0 Å². The van der Waals surface area contributed by atoms with Crippen LogP contribution < -0.4 is 0 Å². The van der Waals surface area contributed by atoms with Gasteiger partial charge in [0.1, 0.15) is 0 Å². The van der Waals surface area contributed by atoms with Gasteiger partial charge in [-0.1, -0.05) is 6.07 Å². The van der Waals surface area contributed by atoms with E-state index < -0.39 is 0 Å². The summed E-state index contributed by atoms with van der Waals surface area (Å²) in [5, 5.41) is 6.34. The summed E-state index contributed by atoms with van der Waals surface area (Å²) in [7, 11) is 0. The first-order valence-corrected chi connectivity index (χ1v) is 6.82. The lowest BCUT2D eigenvalue weighted by molar-refractivity contribution is 0.0518. The number of ether oxygens (including phenoxy) is 1. The molecule has 0 amide bonds. The number of aromatic nitrogens is 2. The van der Waals surface area contributed by atoms with Gasteiger partial charge in [-0.2, -0.15) is 5.10 Å². The van der Waals surface area contributed by atoms with Crippen molar-refractivity contribution >= 4 is 17.3 Å². The second-order valence-electron chi connectivity index (χ2n) is 4.15. The van der Waals surface area contributed by atoms with Crippen molar-refractivity contribution in [2.45, 2.75) is 26.8 Å². The Morgan fingerprint density at radius 1 is 1.56 bits per heavy atom. The minimum Gasteiger partial charge on any atom is -0.461 e. The highest BCUT2D eigenvalue weighted by Gasteiger charge is 2.18. The average Bonchev–Trinajstić information content (AvgIpc) is 2.98. The van der Waals surface area contributed by atoms with E-state index >= 15 is 0 Å². The van der Waals surface area contributed by atoms with Crippen LogP contribution in [0.5, 0.6) is 0 Å². The minimum absolute atomic E-state index is 0.199. The Morgan fingerprint density at radius 3 is 2.89 bits per heavy atom. The van der Waals surface area contributed by atoms with Crippen LogP contribution in [-0.2, 0) is 4.74 Å². The molecule has 0 aliphatic rings. The fourth-order valence-electron chi connectivity index (χ4n) is 1.70. The fourth-order valence-corrected chi connectivity index (χ4v) is 2.44. The molecule has 2 aromatic heterocycles. The molecule has 96 valence electrons. The summed E-state index contributed by atoms with van der Waals surface area (Å²) in [6, 6.07) is 6.01. The number of thiophene rings is 1. The van der Waals surface area contributed by atoms with E-state index in [1.807, 2.05) is 36.0 Å². The first-order valence-electron chi connectivity index (χ1n) is 5.94. The highest BCUT2D eigenvalue weighted by molar-refractivity contribution is 7.13. The van der Waals surface area contributed by atoms with Crippen LogP contribution in [0.1, 0.15) is 37.3 Å². The number of carbonyl (C=O) groups excluding carboxylic acids is 1. The third-order valence-corrected chi connectivity index (χ3v) is 3.38. The molecule has 0 bridgehead atoms. The fraction of sp³-hybridized carbons (Fsp3) is 0.385. The Labute approximate surface area is 110 Å². The Balaban J connectivity index is 2.42. The minimum atomic E-state index is -0.366. The molecule has 0 spiro atoms. The van der Waals surface area contributed by atoms with Crippen molar-refractivity contribution in [1.82, 2.24) is 9.78 Å². The van der Waals surface area contributed by atoms with Crippen molar-refractivity contribution in [3.8, 4) is 10.6 Å². The van der Waals surface area contributed by atoms with Crippen LogP contribution in [0.3, 0.4) is 0 Å². The monoisotopic (exact) mass is 264 g/mol. The zero-order valence-corrected chi connectivity index (χ0v) is 11.5. The van der Waals surface area contributed by atoms with E-state index in [-0.39, 0.29) is 12.0 Å². The van der Waals surface area contributed by atoms with Crippen LogP contribution in [0.4, 0.5) is 0 Å². The summed E-state index contributed by atoms with van der Waals surface area (Å²) in [5.41, 5.74) is 1.33. The highest BCUT2D eigenvalue weighted by Crippen LogP contribution is 2.27. The maximum Gasteiger partial charge on any atom is 0.358 e. The third-order valence-electron chi connectivity index (χ3n) is 2.48. The smallest absolute Gasteiger partial charge is 0.358 e. The van der Waals surface area contributed by atoms with E-state index in [9.17, 15) is 4.79 Å². The molecule has 2 heterocycles. The Kier molecular flexibility index (Phi) is 3.81. The third kappa shape index (κ3) is 2.46. The van der Waals surface area contributed by atoms with E-state index in [1.54, 1.807) is 24.3 Å². The Morgan fingerprint density at radius 2 is 2.33 bits per heavy atom. The maximum atomic E-state index is 11.7. The summed E-state index contributed by atoms with van der Waals surface area (Å²) >= 11 is 1.63. The molecule has 0 radical (unpaired) electrons. The normalized spacial score (nSPS) is 10.9. The molecule has 0 N–H and O–H groups in total. The molecular formula is C13H16N2O2S. The molecule has 0 saturated heterocycles. The number of rotatable bonds is 4. The molecule has 0 unspecified atom stereocenters. The Bertz CT molecular complexity index is 529. The van der Waals surface area contributed by atoms with Gasteiger partial charge >= 0.3 is 5.97 Å². The van der Waals surface area contributed by atoms with Crippen LogP contribution in [-0.4, -0.2) is 22.4 Å². The van der Waals surface area contributed by atoms with Gasteiger partial charge in [-0.15, -0.1) is 11.3 Å². The first kappa shape index (κ1) is 12.8. The molecule has 0 fully saturated rings. The van der Waals surface area contributed by atoms with E-state index in [1.165, 1.54) is 0 Å². The first-order chi connectivity index (χ1) is 8.63. The number of hydrogen-bond acceptors (Lipinski definition) is 4. The molecular weight excluding hydrogens is 248 g/mol. The summed E-state index contributed by atoms with van der Waals surface area (Å²) in [6.07, 6.45) is 0. The van der Waals surface area contributed by atoms with Crippen molar-refractivity contribution in [3.63, 3.8) is 0 Å². The number of nitrogens with zero attached hydrogens (tertiary/aromatic N) is 2. The van der Waals surface area contributed by atoms with Crippen molar-refractivity contribution in [1.29, 1.82) is 0 Å². The van der Waals surface area contributed by atoms with Gasteiger partial charge in [-0.25, -0.2) is 4.79 Å². The van der Waals surface area contributed by atoms with Crippen molar-refractivity contribution in [2.75, 3.05) is 6.61 Å². The van der Waals surface area contributed by atoms with Gasteiger partial charge in [0.25, 0.3) is 0 Å². The number of esters is 1. The van der Waals surface area contributed by atoms with Crippen LogP contribution in [0.25, 0.3) is 10.6 Å². The second kappa shape index (κ2) is 5.35. The van der Waals surface area contributed by atoms with Gasteiger partial charge in [0, 0.05) is 6.04 Å². The molecule has 0 atom stereocenters. The summed E-state index contributed by atoms with van der Waals surface area (Å²) in [6.45, 7) is 6.23. The SMILES string of the molecule is CCOC(=O)c1cc(-c2cccs2)n(C(C)C)n1. The van der Waals surface area contributed by atoms with Gasteiger partial charge in [-0.3, -0.25) is 4.68 Å². The molecule has 5 heteroatoms. The van der Waals surface area contributed by atoms with E-state index in [2.05, 4.69) is 5.10 Å². The van der Waals surface area contributed by atoms with Crippen molar-refractivity contribution < 1.29 is 9.53 Å². The van der Waals surface area contributed by atoms with Crippen molar-refractivity contribution in [2.24, 2.45) is 0 Å². The maximum absolute atomic E-state index is 11.7. The predicted molar refractivity (Wildman–Crippen MR) is 71.9 cm³/mol. The van der Waals surface area contributed by atoms with Gasteiger partial charge < -0.3 is 4.74 Å². The second-order valence-corrected chi connectivity index (χ2v) is 5.10. The van der Waals surface area contributed by atoms with E-state index in [4.69, 9.17) is 4.74 Å². The lowest BCUT2D eigenvalue weighted by Crippen LogP contribution is -2.08. The van der Waals surface area contributed by atoms with Gasteiger partial charge in [0.05, 0.1) is 17.2 Å².